The summed E-state index contributed by atoms with van der Waals surface area (Å²) in [6.07, 6.45) is 5.44. The molecule has 2 amide bonds. The van der Waals surface area contributed by atoms with Crippen LogP contribution in [0.1, 0.15) is 31.7 Å². The van der Waals surface area contributed by atoms with E-state index in [1.165, 1.54) is 0 Å². The average molecular weight is 494 g/mol. The molecule has 2 saturated heterocycles. The summed E-state index contributed by atoms with van der Waals surface area (Å²) >= 11 is 0. The molecular weight excluding hydrogens is 462 g/mol. The van der Waals surface area contributed by atoms with Crippen LogP contribution in [0.5, 0.6) is 0 Å². The third kappa shape index (κ3) is 4.38. The number of anilines is 2. The highest BCUT2D eigenvalue weighted by molar-refractivity contribution is 5.90. The quantitative estimate of drug-likeness (QED) is 0.570. The Hall–Kier alpha value is -3.28. The highest BCUT2D eigenvalue weighted by atomic mass is 16.7. The number of nitrogens with zero attached hydrogens (tertiary/aromatic N) is 5. The van der Waals surface area contributed by atoms with Crippen LogP contribution in [0, 0.1) is 0 Å². The van der Waals surface area contributed by atoms with E-state index in [4.69, 9.17) is 29.3 Å². The van der Waals surface area contributed by atoms with Crippen LogP contribution in [0.25, 0.3) is 22.4 Å². The highest BCUT2D eigenvalue weighted by Crippen LogP contribution is 2.41. The van der Waals surface area contributed by atoms with Crippen LogP contribution < -0.4 is 15.5 Å². The SMILES string of the molecule is CNC(=O)Nc1ccc(-c2nc(N3CCOCC3)c3cnn(C4CCC5(CC4)OCCO5)c3n2)cc1. The Labute approximate surface area is 209 Å². The Balaban J connectivity index is 1.35. The maximum atomic E-state index is 11.7. The molecule has 3 aromatic rings. The maximum Gasteiger partial charge on any atom is 0.318 e. The molecule has 1 saturated carbocycles. The number of morpholine rings is 1. The molecule has 2 aliphatic heterocycles. The lowest BCUT2D eigenvalue weighted by molar-refractivity contribution is -0.181. The van der Waals surface area contributed by atoms with Gasteiger partial charge in [0.1, 0.15) is 5.82 Å². The molecule has 1 aromatic carbocycles. The van der Waals surface area contributed by atoms with Gasteiger partial charge in [-0.2, -0.15) is 5.10 Å². The summed E-state index contributed by atoms with van der Waals surface area (Å²) in [5.74, 6) is 1.10. The zero-order chi connectivity index (χ0) is 24.5. The van der Waals surface area contributed by atoms with Crippen molar-refractivity contribution in [2.75, 3.05) is 56.8 Å². The number of amides is 2. The summed E-state index contributed by atoms with van der Waals surface area (Å²) in [7, 11) is 1.59. The smallest absolute Gasteiger partial charge is 0.318 e. The van der Waals surface area contributed by atoms with E-state index >= 15 is 0 Å². The second-order valence-corrected chi connectivity index (χ2v) is 9.42. The summed E-state index contributed by atoms with van der Waals surface area (Å²) in [5.41, 5.74) is 2.41. The third-order valence-corrected chi connectivity index (χ3v) is 7.25. The van der Waals surface area contributed by atoms with Crippen LogP contribution in [0.4, 0.5) is 16.3 Å². The zero-order valence-corrected chi connectivity index (χ0v) is 20.4. The van der Waals surface area contributed by atoms with Crippen LogP contribution in [0.2, 0.25) is 0 Å². The maximum absolute atomic E-state index is 11.7. The lowest BCUT2D eigenvalue weighted by Gasteiger charge is -2.35. The molecule has 190 valence electrons. The van der Waals surface area contributed by atoms with Gasteiger partial charge in [0.2, 0.25) is 0 Å². The lowest BCUT2D eigenvalue weighted by atomic mass is 9.90. The van der Waals surface area contributed by atoms with Crippen LogP contribution >= 0.6 is 0 Å². The molecule has 0 radical (unpaired) electrons. The minimum Gasteiger partial charge on any atom is -0.378 e. The van der Waals surface area contributed by atoms with Crippen molar-refractivity contribution in [3.8, 4) is 11.4 Å². The van der Waals surface area contributed by atoms with Crippen LogP contribution in [0.15, 0.2) is 30.5 Å². The van der Waals surface area contributed by atoms with E-state index in [1.54, 1.807) is 7.05 Å². The molecule has 3 aliphatic rings. The molecule has 1 aliphatic carbocycles. The first-order valence-corrected chi connectivity index (χ1v) is 12.6. The van der Waals surface area contributed by atoms with Gasteiger partial charge in [-0.05, 0) is 37.1 Å². The Morgan fingerprint density at radius 3 is 2.44 bits per heavy atom. The molecule has 36 heavy (non-hydrogen) atoms. The van der Waals surface area contributed by atoms with Gasteiger partial charge < -0.3 is 29.7 Å². The van der Waals surface area contributed by atoms with Crippen molar-refractivity contribution in [1.82, 2.24) is 25.1 Å². The molecular formula is C25H31N7O4. The molecule has 2 aromatic heterocycles. The summed E-state index contributed by atoms with van der Waals surface area (Å²) in [4.78, 5) is 23.9. The fraction of sp³-hybridized carbons (Fsp3) is 0.520. The van der Waals surface area contributed by atoms with Crippen molar-refractivity contribution < 1.29 is 19.0 Å². The fourth-order valence-electron chi connectivity index (χ4n) is 5.29. The van der Waals surface area contributed by atoms with Gasteiger partial charge >= 0.3 is 6.03 Å². The van der Waals surface area contributed by atoms with Gasteiger partial charge in [0.15, 0.2) is 17.3 Å². The van der Waals surface area contributed by atoms with Crippen molar-refractivity contribution in [2.24, 2.45) is 0 Å². The summed E-state index contributed by atoms with van der Waals surface area (Å²) in [6, 6.07) is 7.52. The number of nitrogens with one attached hydrogen (secondary N) is 2. The number of rotatable bonds is 4. The molecule has 4 heterocycles. The minimum absolute atomic E-state index is 0.223. The number of carbonyl (C=O) groups is 1. The van der Waals surface area contributed by atoms with E-state index < -0.39 is 5.79 Å². The topological polar surface area (TPSA) is 116 Å². The molecule has 0 unspecified atom stereocenters. The molecule has 6 rings (SSSR count). The van der Waals surface area contributed by atoms with Crippen LogP contribution in [-0.4, -0.2) is 78.1 Å². The van der Waals surface area contributed by atoms with Crippen molar-refractivity contribution in [3.05, 3.63) is 30.5 Å². The second-order valence-electron chi connectivity index (χ2n) is 9.42. The third-order valence-electron chi connectivity index (χ3n) is 7.25. The van der Waals surface area contributed by atoms with Gasteiger partial charge in [0.05, 0.1) is 44.1 Å². The first-order valence-electron chi connectivity index (χ1n) is 12.6. The number of hydrogen-bond acceptors (Lipinski definition) is 8. The zero-order valence-electron chi connectivity index (χ0n) is 20.4. The number of hydrogen-bond donors (Lipinski definition) is 2. The minimum atomic E-state index is -0.414. The van der Waals surface area contributed by atoms with E-state index in [0.717, 1.165) is 61.2 Å². The number of carbonyl (C=O) groups excluding carboxylic acids is 1. The van der Waals surface area contributed by atoms with E-state index in [-0.39, 0.29) is 12.1 Å². The van der Waals surface area contributed by atoms with Gasteiger partial charge in [-0.15, -0.1) is 0 Å². The molecule has 1 spiro atoms. The normalized spacial score (nSPS) is 20.2. The Morgan fingerprint density at radius 1 is 1.03 bits per heavy atom. The first-order chi connectivity index (χ1) is 17.6. The standard InChI is InChI=1S/C25H31N7O4/c1-26-24(33)28-18-4-2-17(3-5-18)21-29-22(31-10-12-34-13-11-31)20-16-27-32(23(20)30-21)19-6-8-25(9-7-19)35-14-15-36-25/h2-5,16,19H,6-15H2,1H3,(H2,26,28,33). The first kappa shape index (κ1) is 23.1. The van der Waals surface area contributed by atoms with E-state index in [9.17, 15) is 4.79 Å². The number of benzene rings is 1. The van der Waals surface area contributed by atoms with Gasteiger partial charge in [0.25, 0.3) is 0 Å². The monoisotopic (exact) mass is 493 g/mol. The predicted octanol–water partition coefficient (Wildman–Crippen LogP) is 2.94. The van der Waals surface area contributed by atoms with Gasteiger partial charge in [-0.3, -0.25) is 0 Å². The summed E-state index contributed by atoms with van der Waals surface area (Å²) < 4.78 is 19.5. The molecule has 0 atom stereocenters. The van der Waals surface area contributed by atoms with E-state index in [0.29, 0.717) is 37.9 Å². The largest absolute Gasteiger partial charge is 0.378 e. The molecule has 0 bridgehead atoms. The predicted molar refractivity (Wildman–Crippen MR) is 134 cm³/mol. The second kappa shape index (κ2) is 9.64. The molecule has 11 heteroatoms. The summed E-state index contributed by atoms with van der Waals surface area (Å²) in [5, 5.41) is 11.1. The Bertz CT molecular complexity index is 1220. The van der Waals surface area contributed by atoms with E-state index in [2.05, 4.69) is 20.2 Å². The van der Waals surface area contributed by atoms with Gasteiger partial charge in [-0.1, -0.05) is 0 Å². The lowest BCUT2D eigenvalue weighted by Crippen LogP contribution is -2.37. The fourth-order valence-corrected chi connectivity index (χ4v) is 5.29. The molecule has 11 nitrogen and oxygen atoms in total. The van der Waals surface area contributed by atoms with Crippen molar-refractivity contribution >= 4 is 28.6 Å². The van der Waals surface area contributed by atoms with Crippen LogP contribution in [0.3, 0.4) is 0 Å². The molecule has 3 fully saturated rings. The van der Waals surface area contributed by atoms with Crippen molar-refractivity contribution in [3.63, 3.8) is 0 Å². The van der Waals surface area contributed by atoms with Crippen molar-refractivity contribution in [2.45, 2.75) is 37.5 Å². The van der Waals surface area contributed by atoms with Gasteiger partial charge in [0, 0.05) is 44.2 Å². The Morgan fingerprint density at radius 2 is 1.75 bits per heavy atom. The van der Waals surface area contributed by atoms with Gasteiger partial charge in [-0.25, -0.2) is 19.4 Å². The van der Waals surface area contributed by atoms with E-state index in [1.807, 2.05) is 30.5 Å². The Kier molecular flexibility index (Phi) is 6.20. The molecule has 2 N–H and O–H groups in total. The number of urea groups is 1. The highest BCUT2D eigenvalue weighted by Gasteiger charge is 2.41. The summed E-state index contributed by atoms with van der Waals surface area (Å²) in [6.45, 7) is 4.22. The van der Waals surface area contributed by atoms with Crippen molar-refractivity contribution in [1.29, 1.82) is 0 Å². The number of ether oxygens (including phenoxy) is 3. The van der Waals surface area contributed by atoms with Crippen LogP contribution in [-0.2, 0) is 14.2 Å². The number of aromatic nitrogens is 4. The number of fused-ring (bicyclic) bond motifs is 1. The average Bonchev–Trinajstić information content (AvgIpc) is 3.57.